The first-order chi connectivity index (χ1) is 15.7. The molecular formula is C24H36N4O3S2. The molecule has 7 nitrogen and oxygen atoms in total. The highest BCUT2D eigenvalue weighted by molar-refractivity contribution is 7.89. The summed E-state index contributed by atoms with van der Waals surface area (Å²) in [6.07, 6.45) is 6.76. The lowest BCUT2D eigenvalue weighted by Gasteiger charge is -2.37. The number of likely N-dealkylation sites (N-methyl/N-ethyl adjacent to an activating group) is 1. The molecule has 3 atom stereocenters. The van der Waals surface area contributed by atoms with Gasteiger partial charge in [-0.1, -0.05) is 17.8 Å². The Kier molecular flexibility index (Phi) is 6.46. The number of rotatable bonds is 5. The van der Waals surface area contributed by atoms with E-state index in [0.717, 1.165) is 47.7 Å². The van der Waals surface area contributed by atoms with E-state index in [1.807, 2.05) is 6.07 Å². The maximum Gasteiger partial charge on any atom is 0.240 e. The summed E-state index contributed by atoms with van der Waals surface area (Å²) >= 11 is 1.61. The number of anilines is 1. The lowest BCUT2D eigenvalue weighted by molar-refractivity contribution is -0.0711. The molecule has 3 fully saturated rings. The molecule has 1 aromatic carbocycles. The Hall–Kier alpha value is -1.26. The minimum Gasteiger partial charge on any atom is -0.376 e. The largest absolute Gasteiger partial charge is 0.376 e. The average molecular weight is 493 g/mol. The fourth-order valence-corrected chi connectivity index (χ4v) is 7.98. The van der Waals surface area contributed by atoms with E-state index < -0.39 is 10.0 Å². The molecule has 1 N–H and O–H groups in total. The molecule has 1 aromatic heterocycles. The zero-order valence-corrected chi connectivity index (χ0v) is 21.6. The van der Waals surface area contributed by atoms with Gasteiger partial charge in [0.15, 0.2) is 5.13 Å². The van der Waals surface area contributed by atoms with Crippen LogP contribution < -0.4 is 9.62 Å². The molecular weight excluding hydrogens is 456 g/mol. The second kappa shape index (κ2) is 9.07. The number of ether oxygens (including phenoxy) is 1. The van der Waals surface area contributed by atoms with Crippen LogP contribution >= 0.6 is 11.3 Å². The second-order valence-corrected chi connectivity index (χ2v) is 13.4. The van der Waals surface area contributed by atoms with Gasteiger partial charge in [-0.2, -0.15) is 0 Å². The topological polar surface area (TPSA) is 74.8 Å². The number of hydrogen-bond donors (Lipinski definition) is 1. The Morgan fingerprint density at radius 3 is 2.85 bits per heavy atom. The first-order valence-electron chi connectivity index (χ1n) is 12.2. The minimum absolute atomic E-state index is 0.188. The summed E-state index contributed by atoms with van der Waals surface area (Å²) in [5.74, 6) is 0.294. The van der Waals surface area contributed by atoms with Crippen molar-refractivity contribution in [2.45, 2.75) is 75.0 Å². The highest BCUT2D eigenvalue weighted by Gasteiger charge is 2.33. The molecule has 0 aliphatic carbocycles. The Labute approximate surface area is 201 Å². The van der Waals surface area contributed by atoms with Gasteiger partial charge in [0.2, 0.25) is 10.0 Å². The monoisotopic (exact) mass is 492 g/mol. The highest BCUT2D eigenvalue weighted by atomic mass is 32.2. The molecule has 3 unspecified atom stereocenters. The van der Waals surface area contributed by atoms with Crippen LogP contribution in [0.25, 0.3) is 10.2 Å². The number of nitrogens with zero attached hydrogens (tertiary/aromatic N) is 3. The smallest absolute Gasteiger partial charge is 0.240 e. The van der Waals surface area contributed by atoms with Gasteiger partial charge in [0.25, 0.3) is 0 Å². The van der Waals surface area contributed by atoms with E-state index in [1.165, 1.54) is 19.3 Å². The molecule has 3 aliphatic heterocycles. The molecule has 182 valence electrons. The van der Waals surface area contributed by atoms with Crippen molar-refractivity contribution in [3.63, 3.8) is 0 Å². The van der Waals surface area contributed by atoms with Crippen LogP contribution in [0, 0.1) is 5.92 Å². The summed E-state index contributed by atoms with van der Waals surface area (Å²) in [4.78, 5) is 10.2. The van der Waals surface area contributed by atoms with E-state index in [-0.39, 0.29) is 5.60 Å². The first-order valence-corrected chi connectivity index (χ1v) is 14.5. The van der Waals surface area contributed by atoms with Crippen molar-refractivity contribution in [2.75, 3.05) is 38.2 Å². The third-order valence-electron chi connectivity index (χ3n) is 7.68. The van der Waals surface area contributed by atoms with Crippen molar-refractivity contribution in [2.24, 2.45) is 5.92 Å². The lowest BCUT2D eigenvalue weighted by atomic mass is 9.89. The summed E-state index contributed by atoms with van der Waals surface area (Å²) < 4.78 is 35.6. The van der Waals surface area contributed by atoms with Crippen LogP contribution in [0.15, 0.2) is 23.1 Å². The number of fused-ring (bicyclic) bond motifs is 3. The SMILES string of the molecule is CN1C2CCCC1CN(c1nc3ccc(S(=O)(=O)NCC4CCOC(C)(C)C4)cc3s1)CC2. The molecule has 2 aromatic rings. The molecule has 0 saturated carbocycles. The van der Waals surface area contributed by atoms with E-state index in [9.17, 15) is 8.42 Å². The Morgan fingerprint density at radius 2 is 2.03 bits per heavy atom. The van der Waals surface area contributed by atoms with Crippen LogP contribution in [0.5, 0.6) is 0 Å². The molecule has 3 aliphatic rings. The third kappa shape index (κ3) is 5.07. The van der Waals surface area contributed by atoms with E-state index in [2.05, 4.69) is 35.4 Å². The number of thiazole rings is 1. The van der Waals surface area contributed by atoms with E-state index in [1.54, 1.807) is 23.5 Å². The van der Waals surface area contributed by atoms with Crippen molar-refractivity contribution >= 4 is 36.7 Å². The van der Waals surface area contributed by atoms with Crippen LogP contribution in [0.1, 0.15) is 52.4 Å². The Bertz CT molecular complexity index is 1100. The summed E-state index contributed by atoms with van der Waals surface area (Å²) in [5.41, 5.74) is 0.688. The summed E-state index contributed by atoms with van der Waals surface area (Å²) in [7, 11) is -1.30. The van der Waals surface area contributed by atoms with Gasteiger partial charge >= 0.3 is 0 Å². The maximum atomic E-state index is 13.0. The van der Waals surface area contributed by atoms with Crippen molar-refractivity contribution in [1.82, 2.24) is 14.6 Å². The fraction of sp³-hybridized carbons (Fsp3) is 0.708. The van der Waals surface area contributed by atoms with Crippen LogP contribution in [0.4, 0.5) is 5.13 Å². The lowest BCUT2D eigenvalue weighted by Crippen LogP contribution is -2.45. The molecule has 3 saturated heterocycles. The number of piperidine rings is 1. The van der Waals surface area contributed by atoms with Gasteiger partial charge in [0.1, 0.15) is 0 Å². The van der Waals surface area contributed by atoms with Gasteiger partial charge in [-0.05, 0) is 77.1 Å². The van der Waals surface area contributed by atoms with Crippen molar-refractivity contribution in [3.05, 3.63) is 18.2 Å². The summed E-state index contributed by atoms with van der Waals surface area (Å²) in [5, 5.41) is 1.01. The van der Waals surface area contributed by atoms with Crippen molar-refractivity contribution < 1.29 is 13.2 Å². The number of sulfonamides is 1. The number of aromatic nitrogens is 1. The van der Waals surface area contributed by atoms with Crippen LogP contribution in [0.2, 0.25) is 0 Å². The van der Waals surface area contributed by atoms with Crippen LogP contribution in [-0.4, -0.2) is 69.3 Å². The minimum atomic E-state index is -3.56. The standard InChI is InChI=1S/C24H36N4O3S2/c1-24(2)14-17(10-12-31-24)15-25-33(29,30)20-7-8-21-22(13-20)32-23(26-21)28-11-9-18-5-4-6-19(16-28)27(18)3/h7-8,13,17-19,25H,4-6,9-12,14-16H2,1-3H3. The van der Waals surface area contributed by atoms with Crippen LogP contribution in [0.3, 0.4) is 0 Å². The van der Waals surface area contributed by atoms with Gasteiger partial charge < -0.3 is 9.64 Å². The normalized spacial score (nSPS) is 28.7. The van der Waals surface area contributed by atoms with Gasteiger partial charge in [-0.15, -0.1) is 0 Å². The van der Waals surface area contributed by atoms with E-state index in [4.69, 9.17) is 9.72 Å². The quantitative estimate of drug-likeness (QED) is 0.684. The number of hydrogen-bond acceptors (Lipinski definition) is 7. The molecule has 33 heavy (non-hydrogen) atoms. The summed E-state index contributed by atoms with van der Waals surface area (Å²) in [6.45, 7) is 7.28. The van der Waals surface area contributed by atoms with E-state index >= 15 is 0 Å². The maximum absolute atomic E-state index is 13.0. The zero-order valence-electron chi connectivity index (χ0n) is 19.9. The predicted octanol–water partition coefficient (Wildman–Crippen LogP) is 3.84. The third-order valence-corrected chi connectivity index (χ3v) is 10.2. The average Bonchev–Trinajstić information content (AvgIpc) is 3.17. The molecule has 0 amide bonds. The zero-order chi connectivity index (χ0) is 23.2. The Balaban J connectivity index is 1.30. The number of nitrogens with one attached hydrogen (secondary N) is 1. The van der Waals surface area contributed by atoms with Gasteiger partial charge in [-0.3, -0.25) is 4.90 Å². The molecule has 0 spiro atoms. The second-order valence-electron chi connectivity index (χ2n) is 10.6. The number of benzene rings is 1. The molecule has 5 rings (SSSR count). The Morgan fingerprint density at radius 1 is 1.21 bits per heavy atom. The molecule has 9 heteroatoms. The summed E-state index contributed by atoms with van der Waals surface area (Å²) in [6, 6.07) is 6.57. The fourth-order valence-electron chi connectivity index (χ4n) is 5.73. The highest BCUT2D eigenvalue weighted by Crippen LogP contribution is 2.35. The van der Waals surface area contributed by atoms with Crippen molar-refractivity contribution in [1.29, 1.82) is 0 Å². The first kappa shape index (κ1) is 23.5. The van der Waals surface area contributed by atoms with Gasteiger partial charge in [-0.25, -0.2) is 18.1 Å². The molecule has 2 bridgehead atoms. The molecule has 0 radical (unpaired) electrons. The van der Waals surface area contributed by atoms with E-state index in [0.29, 0.717) is 36.0 Å². The van der Waals surface area contributed by atoms with Gasteiger partial charge in [0, 0.05) is 38.3 Å². The predicted molar refractivity (Wildman–Crippen MR) is 134 cm³/mol. The van der Waals surface area contributed by atoms with Crippen LogP contribution in [-0.2, 0) is 14.8 Å². The molecule has 4 heterocycles. The van der Waals surface area contributed by atoms with Crippen molar-refractivity contribution in [3.8, 4) is 0 Å². The van der Waals surface area contributed by atoms with Gasteiger partial charge in [0.05, 0.1) is 20.7 Å².